The van der Waals surface area contributed by atoms with E-state index in [1.807, 2.05) is 7.05 Å². The predicted molar refractivity (Wildman–Crippen MR) is 155 cm³/mol. The van der Waals surface area contributed by atoms with E-state index in [1.165, 1.54) is 10.8 Å². The molecule has 0 N–H and O–H groups in total. The van der Waals surface area contributed by atoms with Gasteiger partial charge in [0.05, 0.1) is 0 Å². The molecule has 6 aromatic rings. The SMILES string of the molecule is C[n+]1ccc2ccccc2c1.Fc1c(F)c(F)c([B-](c2ccccc2)(c2c(F)c(F)c(F)c(F)c2F)c2c(F)c(F)c(F)c(F)c2F)c(F)c1F. The van der Waals surface area contributed by atoms with Crippen LogP contribution in [0, 0.1) is 87.3 Å². The van der Waals surface area contributed by atoms with Crippen LogP contribution in [-0.4, -0.2) is 6.15 Å². The van der Waals surface area contributed by atoms with Gasteiger partial charge in [-0.05, 0) is 11.5 Å². The third-order valence-corrected chi connectivity index (χ3v) is 8.16. The molecule has 1 aromatic heterocycles. The quantitative estimate of drug-likeness (QED) is 0.0617. The van der Waals surface area contributed by atoms with Crippen LogP contribution in [0.15, 0.2) is 73.1 Å². The molecule has 17 heteroatoms. The number of hydrogen-bond acceptors (Lipinski definition) is 0. The second kappa shape index (κ2) is 13.7. The van der Waals surface area contributed by atoms with Crippen molar-refractivity contribution >= 4 is 38.8 Å². The monoisotopic (exact) mass is 733 g/mol. The molecule has 0 saturated heterocycles. The highest BCUT2D eigenvalue weighted by Gasteiger charge is 2.48. The fourth-order valence-corrected chi connectivity index (χ4v) is 5.92. The standard InChI is InChI=1S/C24H5BF15.C10H10N/c26-10-7(11(27)17(33)22(38)16(10)32)25(6-4-2-1-3-5-6,8-12(28)18(34)23(39)19(35)13(8)29)9-14(30)20(36)24(40)21(37)15(9)31;1-11-7-6-9-4-2-3-5-10(9)8-11/h1-5H;2-8H,1H3/q-1;+1. The van der Waals surface area contributed by atoms with Crippen molar-refractivity contribution < 1.29 is 70.4 Å². The maximum Gasteiger partial charge on any atom is 0.200 e. The molecule has 0 saturated carbocycles. The van der Waals surface area contributed by atoms with E-state index in [-0.39, 0.29) is 0 Å². The Kier molecular flexibility index (Phi) is 9.87. The molecule has 1 nitrogen and oxygen atoms in total. The van der Waals surface area contributed by atoms with Crippen LogP contribution in [0.2, 0.25) is 0 Å². The van der Waals surface area contributed by atoms with Gasteiger partial charge in [-0.3, -0.25) is 0 Å². The summed E-state index contributed by atoms with van der Waals surface area (Å²) in [5, 5.41) is 2.59. The van der Waals surface area contributed by atoms with Crippen LogP contribution in [0.4, 0.5) is 65.9 Å². The Morgan fingerprint density at radius 2 is 0.647 bits per heavy atom. The van der Waals surface area contributed by atoms with Crippen molar-refractivity contribution in [3.8, 4) is 0 Å². The molecule has 0 fully saturated rings. The molecule has 0 radical (unpaired) electrons. The molecule has 0 atom stereocenters. The smallest absolute Gasteiger partial charge is 0.200 e. The zero-order chi connectivity index (χ0) is 37.7. The van der Waals surface area contributed by atoms with Crippen molar-refractivity contribution in [2.45, 2.75) is 0 Å². The molecule has 0 aliphatic carbocycles. The Hall–Kier alpha value is -5.48. The largest absolute Gasteiger partial charge is 0.207 e. The zero-order valence-corrected chi connectivity index (χ0v) is 25.1. The Bertz CT molecular complexity index is 2090. The number of nitrogens with zero attached hydrogens (tertiary/aromatic N) is 1. The average molecular weight is 733 g/mol. The molecule has 5 aromatic carbocycles. The highest BCUT2D eigenvalue weighted by molar-refractivity contribution is 7.20. The molecule has 0 unspecified atom stereocenters. The second-order valence-corrected chi connectivity index (χ2v) is 11.0. The molecular formula is C34H15BF15N. The van der Waals surface area contributed by atoms with E-state index in [0.717, 1.165) is 18.2 Å². The highest BCUT2D eigenvalue weighted by Crippen LogP contribution is 2.28. The van der Waals surface area contributed by atoms with Gasteiger partial charge in [-0.15, -0.1) is 16.4 Å². The van der Waals surface area contributed by atoms with Crippen LogP contribution < -0.4 is 26.4 Å². The molecule has 0 aliphatic heterocycles. The molecule has 0 spiro atoms. The van der Waals surface area contributed by atoms with Gasteiger partial charge in [0.15, 0.2) is 64.7 Å². The lowest BCUT2D eigenvalue weighted by Crippen LogP contribution is -2.79. The van der Waals surface area contributed by atoms with Gasteiger partial charge in [0.2, 0.25) is 0 Å². The summed E-state index contributed by atoms with van der Waals surface area (Å²) in [6, 6.07) is 13.7. The van der Waals surface area contributed by atoms with Crippen molar-refractivity contribution in [1.29, 1.82) is 0 Å². The fraction of sp³-hybridized carbons (Fsp3) is 0.0294. The van der Waals surface area contributed by atoms with E-state index in [4.69, 9.17) is 0 Å². The zero-order valence-electron chi connectivity index (χ0n) is 25.1. The van der Waals surface area contributed by atoms with Crippen LogP contribution in [0.1, 0.15) is 0 Å². The summed E-state index contributed by atoms with van der Waals surface area (Å²) in [4.78, 5) is 0. The fourth-order valence-electron chi connectivity index (χ4n) is 5.92. The van der Waals surface area contributed by atoms with Crippen LogP contribution in [-0.2, 0) is 7.05 Å². The van der Waals surface area contributed by atoms with Crippen LogP contribution in [0.3, 0.4) is 0 Å². The first-order valence-electron chi connectivity index (χ1n) is 14.1. The number of hydrogen-bond donors (Lipinski definition) is 0. The summed E-state index contributed by atoms with van der Waals surface area (Å²) >= 11 is 0. The number of fused-ring (bicyclic) bond motifs is 1. The van der Waals surface area contributed by atoms with Crippen LogP contribution >= 0.6 is 0 Å². The molecular weight excluding hydrogens is 718 g/mol. The van der Waals surface area contributed by atoms with Gasteiger partial charge < -0.3 is 0 Å². The topological polar surface area (TPSA) is 3.88 Å². The number of pyridine rings is 1. The number of aromatic nitrogens is 1. The normalized spacial score (nSPS) is 11.5. The van der Waals surface area contributed by atoms with Gasteiger partial charge in [0.1, 0.15) is 48.1 Å². The van der Waals surface area contributed by atoms with E-state index in [9.17, 15) is 39.5 Å². The molecule has 0 amide bonds. The van der Waals surface area contributed by atoms with E-state index in [2.05, 4.69) is 47.3 Å². The summed E-state index contributed by atoms with van der Waals surface area (Å²) in [6.45, 7) is 0. The maximum absolute atomic E-state index is 15.3. The van der Waals surface area contributed by atoms with E-state index >= 15 is 26.3 Å². The summed E-state index contributed by atoms with van der Waals surface area (Å²) < 4.78 is 222. The Labute approximate surface area is 276 Å². The number of rotatable bonds is 4. The van der Waals surface area contributed by atoms with Gasteiger partial charge in [-0.2, -0.15) is 5.46 Å². The first-order chi connectivity index (χ1) is 24.0. The van der Waals surface area contributed by atoms with Gasteiger partial charge in [0.25, 0.3) is 0 Å². The van der Waals surface area contributed by atoms with Gasteiger partial charge in [0, 0.05) is 11.5 Å². The lowest BCUT2D eigenvalue weighted by molar-refractivity contribution is -0.670. The van der Waals surface area contributed by atoms with Gasteiger partial charge in [-0.1, -0.05) is 48.5 Å². The Morgan fingerprint density at radius 3 is 1.00 bits per heavy atom. The maximum atomic E-state index is 15.3. The number of aryl methyl sites for hydroxylation is 1. The van der Waals surface area contributed by atoms with Gasteiger partial charge in [-0.25, -0.2) is 70.4 Å². The third kappa shape index (κ3) is 5.73. The first-order valence-corrected chi connectivity index (χ1v) is 14.1. The molecule has 51 heavy (non-hydrogen) atoms. The van der Waals surface area contributed by atoms with Crippen LogP contribution in [0.5, 0.6) is 0 Å². The molecule has 6 rings (SSSR count). The minimum Gasteiger partial charge on any atom is -0.207 e. The molecule has 264 valence electrons. The van der Waals surface area contributed by atoms with E-state index < -0.39 is 115 Å². The number of halogens is 15. The summed E-state index contributed by atoms with van der Waals surface area (Å²) in [5.74, 6) is -45.5. The average Bonchev–Trinajstić information content (AvgIpc) is 3.13. The van der Waals surface area contributed by atoms with E-state index in [1.54, 1.807) is 0 Å². The molecule has 0 bridgehead atoms. The Morgan fingerprint density at radius 1 is 0.353 bits per heavy atom. The summed E-state index contributed by atoms with van der Waals surface area (Å²) in [5.41, 5.74) is -9.41. The summed E-state index contributed by atoms with van der Waals surface area (Å²) in [6.07, 6.45) is -1.54. The minimum atomic E-state index is -5.72. The molecule has 1 heterocycles. The van der Waals surface area contributed by atoms with Crippen molar-refractivity contribution in [2.75, 3.05) is 0 Å². The lowest BCUT2D eigenvalue weighted by Gasteiger charge is -2.44. The first kappa shape index (κ1) is 36.8. The Balaban J connectivity index is 0.000000386. The van der Waals surface area contributed by atoms with Crippen molar-refractivity contribution in [1.82, 2.24) is 0 Å². The highest BCUT2D eigenvalue weighted by atomic mass is 19.2. The predicted octanol–water partition coefficient (Wildman–Crippen LogP) is 6.81. The third-order valence-electron chi connectivity index (χ3n) is 8.16. The minimum absolute atomic E-state index is 0.397. The summed E-state index contributed by atoms with van der Waals surface area (Å²) in [7, 11) is 2.03. The van der Waals surface area contributed by atoms with Crippen molar-refractivity contribution in [3.63, 3.8) is 0 Å². The molecule has 0 aliphatic rings. The number of benzene rings is 5. The second-order valence-electron chi connectivity index (χ2n) is 11.0. The van der Waals surface area contributed by atoms with Crippen LogP contribution in [0.25, 0.3) is 10.8 Å². The van der Waals surface area contributed by atoms with Crippen molar-refractivity contribution in [3.05, 3.63) is 160 Å². The van der Waals surface area contributed by atoms with E-state index in [0.29, 0.717) is 12.1 Å². The van der Waals surface area contributed by atoms with Gasteiger partial charge >= 0.3 is 0 Å². The van der Waals surface area contributed by atoms with Crippen molar-refractivity contribution in [2.24, 2.45) is 7.05 Å². The lowest BCUT2D eigenvalue weighted by atomic mass is 9.12.